The Morgan fingerprint density at radius 1 is 1.14 bits per heavy atom. The third kappa shape index (κ3) is 4.17. The third-order valence-corrected chi connectivity index (χ3v) is 4.49. The molecule has 2 heterocycles. The zero-order chi connectivity index (χ0) is 20.1. The molecule has 0 aliphatic heterocycles. The normalized spacial score (nSPS) is 11.7. The van der Waals surface area contributed by atoms with Crippen molar-refractivity contribution in [3.05, 3.63) is 72.6 Å². The van der Waals surface area contributed by atoms with E-state index in [9.17, 15) is 0 Å². The highest BCUT2D eigenvalue weighted by Gasteiger charge is 2.10. The fourth-order valence-corrected chi connectivity index (χ4v) is 2.98. The molecule has 0 saturated heterocycles. The number of hydrogen-bond acceptors (Lipinski definition) is 6. The number of nitrogens with zero attached hydrogens (tertiary/aromatic N) is 5. The van der Waals surface area contributed by atoms with Crippen molar-refractivity contribution < 1.29 is 4.74 Å². The molecule has 0 aliphatic carbocycles. The van der Waals surface area contributed by atoms with Crippen LogP contribution in [0.15, 0.2) is 67.0 Å². The molecule has 0 spiro atoms. The molecule has 29 heavy (non-hydrogen) atoms. The molecule has 7 nitrogen and oxygen atoms in total. The van der Waals surface area contributed by atoms with Gasteiger partial charge in [-0.1, -0.05) is 49.4 Å². The van der Waals surface area contributed by atoms with Crippen LogP contribution >= 0.6 is 0 Å². The molecule has 1 unspecified atom stereocenters. The molecular weight excluding hydrogens is 364 g/mol. The molecule has 0 amide bonds. The maximum atomic E-state index is 9.10. The van der Waals surface area contributed by atoms with Gasteiger partial charge < -0.3 is 10.1 Å². The smallest absolute Gasteiger partial charge is 0.254 e. The van der Waals surface area contributed by atoms with Crippen molar-refractivity contribution in [2.45, 2.75) is 26.0 Å². The number of ether oxygens (including phenoxy) is 1. The molecule has 2 aromatic carbocycles. The van der Waals surface area contributed by atoms with Gasteiger partial charge in [-0.3, -0.25) is 0 Å². The van der Waals surface area contributed by atoms with Crippen LogP contribution in [-0.2, 0) is 6.54 Å². The largest absolute Gasteiger partial charge is 0.476 e. The number of hydrogen-bond donors (Lipinski definition) is 1. The number of fused-ring (bicyclic) bond motifs is 1. The SMILES string of the molecule is CCC(C#N)Oc1cccc(CNc2cc(-c3ccccc3)nc3ncnn23)c1. The van der Waals surface area contributed by atoms with Crippen LogP contribution in [0.3, 0.4) is 0 Å². The summed E-state index contributed by atoms with van der Waals surface area (Å²) >= 11 is 0. The molecule has 0 saturated carbocycles. The second kappa shape index (κ2) is 8.40. The standard InChI is InChI=1S/C22H20N6O/c1-2-18(13-23)29-19-10-6-7-16(11-19)14-24-21-12-20(17-8-4-3-5-9-17)27-22-25-15-26-28(21)22/h3-12,15,18,24H,2,14H2,1H3. The summed E-state index contributed by atoms with van der Waals surface area (Å²) in [6.45, 7) is 2.49. The van der Waals surface area contributed by atoms with Crippen LogP contribution in [0.5, 0.6) is 5.75 Å². The quantitative estimate of drug-likeness (QED) is 0.516. The zero-order valence-electron chi connectivity index (χ0n) is 16.0. The summed E-state index contributed by atoms with van der Waals surface area (Å²) in [5, 5.41) is 16.8. The molecular formula is C22H20N6O. The lowest BCUT2D eigenvalue weighted by Crippen LogP contribution is -2.12. The van der Waals surface area contributed by atoms with Gasteiger partial charge in [-0.05, 0) is 24.1 Å². The van der Waals surface area contributed by atoms with Crippen molar-refractivity contribution in [3.8, 4) is 23.1 Å². The van der Waals surface area contributed by atoms with Gasteiger partial charge in [-0.15, -0.1) is 0 Å². The minimum atomic E-state index is -0.443. The number of nitriles is 1. The van der Waals surface area contributed by atoms with Gasteiger partial charge >= 0.3 is 0 Å². The summed E-state index contributed by atoms with van der Waals surface area (Å²) in [5.74, 6) is 2.01. The van der Waals surface area contributed by atoms with Gasteiger partial charge in [0.25, 0.3) is 5.78 Å². The van der Waals surface area contributed by atoms with Gasteiger partial charge in [0, 0.05) is 18.2 Å². The number of aromatic nitrogens is 4. The topological polar surface area (TPSA) is 88.1 Å². The third-order valence-electron chi connectivity index (χ3n) is 4.49. The molecule has 144 valence electrons. The predicted octanol–water partition coefficient (Wildman–Crippen LogP) is 4.08. The van der Waals surface area contributed by atoms with E-state index in [-0.39, 0.29) is 0 Å². The first-order valence-electron chi connectivity index (χ1n) is 9.42. The van der Waals surface area contributed by atoms with Gasteiger partial charge in [0.1, 0.15) is 24.0 Å². The molecule has 0 aliphatic rings. The van der Waals surface area contributed by atoms with Crippen LogP contribution in [0.4, 0.5) is 5.82 Å². The van der Waals surface area contributed by atoms with Crippen molar-refractivity contribution in [2.24, 2.45) is 0 Å². The van der Waals surface area contributed by atoms with Crippen LogP contribution in [0, 0.1) is 11.3 Å². The zero-order valence-corrected chi connectivity index (χ0v) is 16.0. The van der Waals surface area contributed by atoms with E-state index in [1.54, 1.807) is 4.52 Å². The Kier molecular flexibility index (Phi) is 5.34. The lowest BCUT2D eigenvalue weighted by molar-refractivity contribution is 0.251. The molecule has 1 atom stereocenters. The minimum Gasteiger partial charge on any atom is -0.476 e. The molecule has 1 N–H and O–H groups in total. The summed E-state index contributed by atoms with van der Waals surface area (Å²) in [6, 6.07) is 21.8. The van der Waals surface area contributed by atoms with Gasteiger partial charge in [-0.25, -0.2) is 4.98 Å². The average molecular weight is 384 g/mol. The van der Waals surface area contributed by atoms with Gasteiger partial charge in [0.05, 0.1) is 5.69 Å². The van der Waals surface area contributed by atoms with E-state index in [1.165, 1.54) is 6.33 Å². The first kappa shape index (κ1) is 18.4. The highest BCUT2D eigenvalue weighted by Crippen LogP contribution is 2.22. The number of anilines is 1. The summed E-state index contributed by atoms with van der Waals surface area (Å²) in [7, 11) is 0. The van der Waals surface area contributed by atoms with E-state index >= 15 is 0 Å². The second-order valence-corrected chi connectivity index (χ2v) is 6.51. The lowest BCUT2D eigenvalue weighted by Gasteiger charge is -2.13. The van der Waals surface area contributed by atoms with E-state index < -0.39 is 6.10 Å². The molecule has 0 fully saturated rings. The maximum absolute atomic E-state index is 9.10. The van der Waals surface area contributed by atoms with E-state index in [1.807, 2.05) is 67.6 Å². The Morgan fingerprint density at radius 3 is 2.79 bits per heavy atom. The fourth-order valence-electron chi connectivity index (χ4n) is 2.98. The second-order valence-electron chi connectivity index (χ2n) is 6.51. The summed E-state index contributed by atoms with van der Waals surface area (Å²) in [4.78, 5) is 8.82. The Hall–Kier alpha value is -3.92. The van der Waals surface area contributed by atoms with E-state index in [0.717, 1.165) is 22.6 Å². The molecule has 0 bridgehead atoms. The van der Waals surface area contributed by atoms with Crippen LogP contribution in [0.25, 0.3) is 17.0 Å². The highest BCUT2D eigenvalue weighted by molar-refractivity contribution is 5.65. The molecule has 2 aromatic heterocycles. The van der Waals surface area contributed by atoms with Crippen LogP contribution in [0.1, 0.15) is 18.9 Å². The summed E-state index contributed by atoms with van der Waals surface area (Å²) in [5.41, 5.74) is 2.87. The summed E-state index contributed by atoms with van der Waals surface area (Å²) < 4.78 is 7.39. The molecule has 4 rings (SSSR count). The Labute approximate surface area is 168 Å². The monoisotopic (exact) mass is 384 g/mol. The van der Waals surface area contributed by atoms with E-state index in [0.29, 0.717) is 24.5 Å². The highest BCUT2D eigenvalue weighted by atomic mass is 16.5. The maximum Gasteiger partial charge on any atom is 0.254 e. The molecule has 4 aromatic rings. The van der Waals surface area contributed by atoms with Crippen molar-refractivity contribution in [3.63, 3.8) is 0 Å². The average Bonchev–Trinajstić information content (AvgIpc) is 3.25. The molecule has 7 heteroatoms. The van der Waals surface area contributed by atoms with Crippen LogP contribution in [-0.4, -0.2) is 25.7 Å². The number of benzene rings is 2. The van der Waals surface area contributed by atoms with Gasteiger partial charge in [-0.2, -0.15) is 19.9 Å². The Bertz CT molecular complexity index is 1150. The van der Waals surface area contributed by atoms with E-state index in [4.69, 9.17) is 10.00 Å². The van der Waals surface area contributed by atoms with Crippen LogP contribution < -0.4 is 10.1 Å². The van der Waals surface area contributed by atoms with Gasteiger partial charge in [0.2, 0.25) is 0 Å². The minimum absolute atomic E-state index is 0.443. The lowest BCUT2D eigenvalue weighted by atomic mass is 10.1. The Morgan fingerprint density at radius 2 is 2.00 bits per heavy atom. The fraction of sp³-hybridized carbons (Fsp3) is 0.182. The molecule has 0 radical (unpaired) electrons. The van der Waals surface area contributed by atoms with Crippen molar-refractivity contribution in [1.29, 1.82) is 5.26 Å². The van der Waals surface area contributed by atoms with Crippen molar-refractivity contribution in [2.75, 3.05) is 5.32 Å². The van der Waals surface area contributed by atoms with E-state index in [2.05, 4.69) is 26.5 Å². The first-order valence-corrected chi connectivity index (χ1v) is 9.42. The van der Waals surface area contributed by atoms with Crippen LogP contribution in [0.2, 0.25) is 0 Å². The number of rotatable bonds is 7. The Balaban J connectivity index is 1.57. The number of nitrogens with one attached hydrogen (secondary N) is 1. The van der Waals surface area contributed by atoms with Gasteiger partial charge in [0.15, 0.2) is 6.10 Å². The first-order chi connectivity index (χ1) is 14.3. The predicted molar refractivity (Wildman–Crippen MR) is 110 cm³/mol. The van der Waals surface area contributed by atoms with Crippen molar-refractivity contribution >= 4 is 11.6 Å². The summed E-state index contributed by atoms with van der Waals surface area (Å²) in [6.07, 6.45) is 1.69. The van der Waals surface area contributed by atoms with Crippen molar-refractivity contribution in [1.82, 2.24) is 19.6 Å².